The van der Waals surface area contributed by atoms with Crippen LogP contribution in [0.3, 0.4) is 0 Å². The molecule has 0 bridgehead atoms. The molecule has 0 radical (unpaired) electrons. The van der Waals surface area contributed by atoms with E-state index in [2.05, 4.69) is 22.9 Å². The number of imidazole rings is 1. The van der Waals surface area contributed by atoms with Gasteiger partial charge in [0.15, 0.2) is 0 Å². The fourth-order valence-corrected chi connectivity index (χ4v) is 1.12. The number of nitrogens with zero attached hydrogens (tertiary/aromatic N) is 2. The molecule has 1 aromatic heterocycles. The maximum Gasteiger partial charge on any atom is 0.229 e. The van der Waals surface area contributed by atoms with Gasteiger partial charge in [0, 0.05) is 32.4 Å². The van der Waals surface area contributed by atoms with Gasteiger partial charge in [0.1, 0.15) is 5.82 Å². The average Bonchev–Trinajstić information content (AvgIpc) is 2.52. The van der Waals surface area contributed by atoms with Crippen LogP contribution in [-0.4, -0.2) is 27.8 Å². The van der Waals surface area contributed by atoms with Gasteiger partial charge in [-0.25, -0.2) is 4.98 Å². The summed E-state index contributed by atoms with van der Waals surface area (Å²) in [6, 6.07) is 0. The lowest BCUT2D eigenvalue weighted by molar-refractivity contribution is -0.118. The highest BCUT2D eigenvalue weighted by molar-refractivity contribution is 7.81. The Hall–Kier alpha value is -0.970. The second-order valence-corrected chi connectivity index (χ2v) is 3.03. The van der Waals surface area contributed by atoms with E-state index in [9.17, 15) is 4.79 Å². The number of rotatable bonds is 4. The van der Waals surface area contributed by atoms with Crippen LogP contribution >= 0.6 is 12.6 Å². The number of amides is 1. The zero-order valence-electron chi connectivity index (χ0n) is 7.53. The van der Waals surface area contributed by atoms with E-state index in [1.807, 2.05) is 17.8 Å². The van der Waals surface area contributed by atoms with Gasteiger partial charge in [-0.05, 0) is 0 Å². The van der Waals surface area contributed by atoms with E-state index >= 15 is 0 Å². The van der Waals surface area contributed by atoms with Gasteiger partial charge in [-0.2, -0.15) is 12.6 Å². The first-order valence-corrected chi connectivity index (χ1v) is 4.71. The van der Waals surface area contributed by atoms with Crippen molar-refractivity contribution in [2.75, 3.05) is 12.3 Å². The quantitative estimate of drug-likeness (QED) is 0.671. The number of carbonyl (C=O) groups is 1. The second kappa shape index (κ2) is 4.91. The van der Waals surface area contributed by atoms with E-state index in [0.717, 1.165) is 12.2 Å². The Morgan fingerprint density at radius 3 is 3.08 bits per heavy atom. The third-order valence-corrected chi connectivity index (χ3v) is 2.02. The molecule has 0 saturated heterocycles. The van der Waals surface area contributed by atoms with E-state index in [1.54, 1.807) is 6.20 Å². The summed E-state index contributed by atoms with van der Waals surface area (Å²) in [5.74, 6) is 1.16. The predicted molar refractivity (Wildman–Crippen MR) is 53.8 cm³/mol. The zero-order valence-corrected chi connectivity index (χ0v) is 8.42. The molecule has 1 rings (SSSR count). The third kappa shape index (κ3) is 3.10. The summed E-state index contributed by atoms with van der Waals surface area (Å²) in [6.07, 6.45) is 4.38. The van der Waals surface area contributed by atoms with Gasteiger partial charge in [-0.15, -0.1) is 0 Å². The van der Waals surface area contributed by atoms with Crippen LogP contribution in [0.1, 0.15) is 5.82 Å². The van der Waals surface area contributed by atoms with Crippen LogP contribution < -0.4 is 5.32 Å². The lowest BCUT2D eigenvalue weighted by Crippen LogP contribution is -2.27. The SMILES string of the molecule is Cn1ccnc1CCNC(=O)CS. The number of aryl methyl sites for hydroxylation is 1. The molecule has 13 heavy (non-hydrogen) atoms. The van der Waals surface area contributed by atoms with Crippen LogP contribution in [0.15, 0.2) is 12.4 Å². The molecule has 0 aliphatic rings. The lowest BCUT2D eigenvalue weighted by Gasteiger charge is -2.02. The van der Waals surface area contributed by atoms with Crippen LogP contribution in [-0.2, 0) is 18.3 Å². The molecule has 0 fully saturated rings. The van der Waals surface area contributed by atoms with Crippen molar-refractivity contribution in [3.8, 4) is 0 Å². The molecule has 1 N–H and O–H groups in total. The monoisotopic (exact) mass is 199 g/mol. The fraction of sp³-hybridized carbons (Fsp3) is 0.500. The first-order valence-electron chi connectivity index (χ1n) is 4.08. The van der Waals surface area contributed by atoms with Crippen molar-refractivity contribution in [2.45, 2.75) is 6.42 Å². The van der Waals surface area contributed by atoms with E-state index < -0.39 is 0 Å². The van der Waals surface area contributed by atoms with Crippen LogP contribution in [0.5, 0.6) is 0 Å². The minimum Gasteiger partial charge on any atom is -0.355 e. The van der Waals surface area contributed by atoms with Crippen LogP contribution in [0.4, 0.5) is 0 Å². The number of hydrogen-bond acceptors (Lipinski definition) is 3. The van der Waals surface area contributed by atoms with Crippen molar-refractivity contribution in [3.05, 3.63) is 18.2 Å². The van der Waals surface area contributed by atoms with Gasteiger partial charge in [-0.1, -0.05) is 0 Å². The number of carbonyl (C=O) groups excluding carboxylic acids is 1. The number of hydrogen-bond donors (Lipinski definition) is 2. The Bertz CT molecular complexity index is 285. The molecule has 4 nitrogen and oxygen atoms in total. The molecule has 72 valence electrons. The number of aromatic nitrogens is 2. The van der Waals surface area contributed by atoms with Crippen molar-refractivity contribution in [1.29, 1.82) is 0 Å². The van der Waals surface area contributed by atoms with Crippen molar-refractivity contribution >= 4 is 18.5 Å². The van der Waals surface area contributed by atoms with E-state index in [0.29, 0.717) is 6.54 Å². The minimum atomic E-state index is -0.0439. The van der Waals surface area contributed by atoms with E-state index in [1.165, 1.54) is 0 Å². The summed E-state index contributed by atoms with van der Waals surface area (Å²) < 4.78 is 1.94. The van der Waals surface area contributed by atoms with Gasteiger partial charge in [-0.3, -0.25) is 4.79 Å². The van der Waals surface area contributed by atoms with Crippen molar-refractivity contribution in [2.24, 2.45) is 7.05 Å². The first-order chi connectivity index (χ1) is 6.24. The summed E-state index contributed by atoms with van der Waals surface area (Å²) in [5.41, 5.74) is 0. The molecular weight excluding hydrogens is 186 g/mol. The Morgan fingerprint density at radius 1 is 1.77 bits per heavy atom. The van der Waals surface area contributed by atoms with Gasteiger partial charge in [0.25, 0.3) is 0 Å². The zero-order chi connectivity index (χ0) is 9.68. The Morgan fingerprint density at radius 2 is 2.54 bits per heavy atom. The van der Waals surface area contributed by atoms with Gasteiger partial charge >= 0.3 is 0 Å². The topological polar surface area (TPSA) is 46.9 Å². The molecule has 0 aliphatic heterocycles. The molecule has 1 aromatic rings. The fourth-order valence-electron chi connectivity index (χ4n) is 1.01. The van der Waals surface area contributed by atoms with Crippen molar-refractivity contribution in [3.63, 3.8) is 0 Å². The van der Waals surface area contributed by atoms with E-state index in [4.69, 9.17) is 0 Å². The molecule has 0 unspecified atom stereocenters. The average molecular weight is 199 g/mol. The molecule has 5 heteroatoms. The molecule has 0 saturated carbocycles. The predicted octanol–water partition coefficient (Wildman–Crippen LogP) is 0.00860. The number of nitrogens with one attached hydrogen (secondary N) is 1. The molecule has 1 amide bonds. The largest absolute Gasteiger partial charge is 0.355 e. The molecule has 0 atom stereocenters. The van der Waals surface area contributed by atoms with Crippen LogP contribution in [0.2, 0.25) is 0 Å². The maximum atomic E-state index is 10.8. The summed E-state index contributed by atoms with van der Waals surface area (Å²) in [6.45, 7) is 0.615. The molecule has 0 aliphatic carbocycles. The molecular formula is C8H13N3OS. The van der Waals surface area contributed by atoms with Crippen molar-refractivity contribution in [1.82, 2.24) is 14.9 Å². The summed E-state index contributed by atoms with van der Waals surface area (Å²) in [5, 5.41) is 2.73. The highest BCUT2D eigenvalue weighted by atomic mass is 32.1. The smallest absolute Gasteiger partial charge is 0.229 e. The van der Waals surface area contributed by atoms with Crippen molar-refractivity contribution < 1.29 is 4.79 Å². The van der Waals surface area contributed by atoms with E-state index in [-0.39, 0.29) is 11.7 Å². The van der Waals surface area contributed by atoms with Gasteiger partial charge in [0.2, 0.25) is 5.91 Å². The summed E-state index contributed by atoms with van der Waals surface area (Å²) in [7, 11) is 1.93. The third-order valence-electron chi connectivity index (χ3n) is 1.74. The van der Waals surface area contributed by atoms with Gasteiger partial charge < -0.3 is 9.88 Å². The molecule has 0 spiro atoms. The standard InChI is InChI=1S/C8H13N3OS/c1-11-5-4-9-7(11)2-3-10-8(12)6-13/h4-5,13H,2-3,6H2,1H3,(H,10,12). The normalized spacial score (nSPS) is 10.0. The Labute approximate surface area is 82.8 Å². The highest BCUT2D eigenvalue weighted by Crippen LogP contribution is 1.93. The lowest BCUT2D eigenvalue weighted by atomic mass is 10.4. The number of thiol groups is 1. The minimum absolute atomic E-state index is 0.0439. The van der Waals surface area contributed by atoms with Crippen LogP contribution in [0, 0.1) is 0 Å². The second-order valence-electron chi connectivity index (χ2n) is 2.71. The Kier molecular flexibility index (Phi) is 3.82. The first kappa shape index (κ1) is 10.1. The molecule has 0 aromatic carbocycles. The summed E-state index contributed by atoms with van der Waals surface area (Å²) in [4.78, 5) is 14.9. The summed E-state index contributed by atoms with van der Waals surface area (Å²) >= 11 is 3.85. The molecule has 1 heterocycles. The highest BCUT2D eigenvalue weighted by Gasteiger charge is 2.00. The van der Waals surface area contributed by atoms with Gasteiger partial charge in [0.05, 0.1) is 5.75 Å². The van der Waals surface area contributed by atoms with Crippen LogP contribution in [0.25, 0.3) is 0 Å². The maximum absolute atomic E-state index is 10.8. The Balaban J connectivity index is 2.28.